The van der Waals surface area contributed by atoms with Crippen molar-refractivity contribution < 1.29 is 33.1 Å². The Hall–Kier alpha value is -2.66. The lowest BCUT2D eigenvalue weighted by Gasteiger charge is -2.27. The third kappa shape index (κ3) is 12.3. The van der Waals surface area contributed by atoms with Gasteiger partial charge in [0.25, 0.3) is 0 Å². The van der Waals surface area contributed by atoms with Gasteiger partial charge >= 0.3 is 0 Å². The summed E-state index contributed by atoms with van der Waals surface area (Å²) in [4.78, 5) is 26.5. The van der Waals surface area contributed by atoms with Gasteiger partial charge in [-0.1, -0.05) is 79.4 Å². The Morgan fingerprint density at radius 3 is 1.57 bits per heavy atom. The monoisotopic (exact) mass is 604 g/mol. The highest BCUT2D eigenvalue weighted by molar-refractivity contribution is 7.34. The lowest BCUT2D eigenvalue weighted by molar-refractivity contribution is -0.123. The fourth-order valence-corrected chi connectivity index (χ4v) is 4.70. The zero-order chi connectivity index (χ0) is 31.5. The molecule has 0 saturated carbocycles. The third-order valence-electron chi connectivity index (χ3n) is 6.82. The largest absolute Gasteiger partial charge is 0.490 e. The van der Waals surface area contributed by atoms with Crippen molar-refractivity contribution in [1.82, 2.24) is 0 Å². The van der Waals surface area contributed by atoms with Gasteiger partial charge in [-0.05, 0) is 63.5 Å². The van der Waals surface area contributed by atoms with Crippen LogP contribution in [0.25, 0.3) is 0 Å². The molecule has 0 fully saturated rings. The zero-order valence-electron chi connectivity index (χ0n) is 26.9. The molecule has 2 atom stereocenters. The van der Waals surface area contributed by atoms with E-state index < -0.39 is 12.2 Å². The normalized spacial score (nSPS) is 12.4. The van der Waals surface area contributed by atoms with E-state index in [0.29, 0.717) is 48.3 Å². The second-order valence-corrected chi connectivity index (χ2v) is 11.5. The maximum atomic E-state index is 13.3. The number of carbonyl (C=O) groups is 2. The summed E-state index contributed by atoms with van der Waals surface area (Å²) in [6.07, 6.45) is 8.03. The first-order valence-corrected chi connectivity index (χ1v) is 16.5. The van der Waals surface area contributed by atoms with Crippen molar-refractivity contribution >= 4 is 25.3 Å². The molecule has 7 nitrogen and oxygen atoms in total. The zero-order valence-corrected chi connectivity index (χ0v) is 27.7. The topological polar surface area (TPSA) is 88.1 Å². The van der Waals surface area contributed by atoms with Crippen molar-refractivity contribution in [3.05, 3.63) is 30.4 Å². The second-order valence-electron chi connectivity index (χ2n) is 10.9. The van der Waals surface area contributed by atoms with Gasteiger partial charge in [0.1, 0.15) is 0 Å². The quantitative estimate of drug-likeness (QED) is 0.0625. The minimum absolute atomic E-state index is 0.129. The Morgan fingerprint density at radius 1 is 0.690 bits per heavy atom. The maximum Gasteiger partial charge on any atom is 0.209 e. The molecule has 0 spiro atoms. The molecular formula is C34H53O7P. The van der Waals surface area contributed by atoms with Crippen LogP contribution < -0.4 is 24.3 Å². The van der Waals surface area contributed by atoms with Crippen LogP contribution in [-0.4, -0.2) is 37.0 Å². The maximum absolute atomic E-state index is 13.3. The van der Waals surface area contributed by atoms with Crippen LogP contribution in [-0.2, 0) is 14.2 Å². The van der Waals surface area contributed by atoms with Crippen molar-refractivity contribution in [3.63, 3.8) is 0 Å². The molecule has 0 bridgehead atoms. The van der Waals surface area contributed by atoms with Gasteiger partial charge < -0.3 is 18.9 Å². The van der Waals surface area contributed by atoms with Gasteiger partial charge in [0, 0.05) is 6.07 Å². The van der Waals surface area contributed by atoms with Crippen molar-refractivity contribution in [3.8, 4) is 23.0 Å². The minimum atomic E-state index is -0.861. The lowest BCUT2D eigenvalue weighted by atomic mass is 10.0. The highest BCUT2D eigenvalue weighted by atomic mass is 31.1. The second kappa shape index (κ2) is 21.1. The molecule has 1 rings (SSSR count). The van der Waals surface area contributed by atoms with Crippen LogP contribution in [0, 0.1) is 0 Å². The smallest absolute Gasteiger partial charge is 0.209 e. The predicted molar refractivity (Wildman–Crippen MR) is 171 cm³/mol. The third-order valence-corrected chi connectivity index (χ3v) is 7.35. The van der Waals surface area contributed by atoms with E-state index in [4.69, 9.17) is 18.9 Å². The Labute approximate surface area is 255 Å². The first kappa shape index (κ1) is 37.4. The molecule has 0 heterocycles. The van der Waals surface area contributed by atoms with Crippen LogP contribution in [0.1, 0.15) is 119 Å². The molecule has 0 radical (unpaired) electrons. The number of ketones is 2. The summed E-state index contributed by atoms with van der Waals surface area (Å²) < 4.78 is 37.9. The number of unbranched alkanes of at least 4 members (excludes halogenated alkanes) is 6. The Morgan fingerprint density at radius 2 is 1.14 bits per heavy atom. The number of benzene rings is 1. The van der Waals surface area contributed by atoms with Crippen LogP contribution in [0.2, 0.25) is 0 Å². The molecule has 42 heavy (non-hydrogen) atoms. The number of Topliss-reactive ketones (excluding diaryl/α,β-unsaturated/α-hetero) is 2. The molecule has 2 unspecified atom stereocenters. The van der Waals surface area contributed by atoms with Gasteiger partial charge in [-0.2, -0.15) is 0 Å². The molecular weight excluding hydrogens is 551 g/mol. The molecule has 8 heteroatoms. The van der Waals surface area contributed by atoms with Gasteiger partial charge in [0.2, 0.25) is 11.5 Å². The summed E-state index contributed by atoms with van der Waals surface area (Å²) in [6, 6.07) is 1.63. The molecule has 0 amide bonds. The molecule has 0 N–H and O–H groups in total. The minimum Gasteiger partial charge on any atom is -0.490 e. The Kier molecular flexibility index (Phi) is 18.8. The molecule has 0 aliphatic heterocycles. The lowest BCUT2D eigenvalue weighted by Crippen LogP contribution is -2.31. The molecule has 236 valence electrons. The molecule has 0 aromatic heterocycles. The summed E-state index contributed by atoms with van der Waals surface area (Å²) in [7, 11) is -0.297. The average Bonchev–Trinajstić information content (AvgIpc) is 2.97. The fraction of sp³-hybridized carbons (Fsp3) is 0.647. The number of hydrogen-bond acceptors (Lipinski definition) is 7. The van der Waals surface area contributed by atoms with E-state index >= 15 is 0 Å². The van der Waals surface area contributed by atoms with E-state index in [-0.39, 0.29) is 37.3 Å². The van der Waals surface area contributed by atoms with E-state index in [2.05, 4.69) is 27.0 Å². The van der Waals surface area contributed by atoms with Crippen molar-refractivity contribution in [1.29, 1.82) is 0 Å². The number of hydrogen-bond donors (Lipinski definition) is 0. The fourth-order valence-electron chi connectivity index (χ4n) is 4.28. The number of rotatable bonds is 25. The van der Waals surface area contributed by atoms with Gasteiger partial charge in [0.05, 0.1) is 18.5 Å². The van der Waals surface area contributed by atoms with Gasteiger partial charge in [-0.3, -0.25) is 14.2 Å². The van der Waals surface area contributed by atoms with Crippen molar-refractivity contribution in [2.45, 2.75) is 131 Å². The van der Waals surface area contributed by atoms with Crippen LogP contribution in [0.4, 0.5) is 0 Å². The predicted octanol–water partition coefficient (Wildman–Crippen LogP) is 8.91. The molecule has 0 saturated heterocycles. The van der Waals surface area contributed by atoms with Crippen molar-refractivity contribution in [2.75, 3.05) is 13.2 Å². The van der Waals surface area contributed by atoms with E-state index in [1.807, 2.05) is 13.8 Å². The highest BCUT2D eigenvalue weighted by Gasteiger charge is 2.32. The first-order valence-electron chi connectivity index (χ1n) is 15.7. The highest BCUT2D eigenvalue weighted by Crippen LogP contribution is 2.47. The van der Waals surface area contributed by atoms with E-state index in [1.165, 1.54) is 0 Å². The standard InChI is InChI=1S/C34H53O7P/c1-9-13-17-21-38-28-23-29(42-37)33(39-22-18-14-10-2)34(41-27(20-16-12-4)31(36)25(7)8)32(28)40-26(19-15-11-3)30(35)24(5)6/h23,26-27H,5,7,9-22H2,1-4,6,8H3. The van der Waals surface area contributed by atoms with E-state index in [9.17, 15) is 14.2 Å². The van der Waals surface area contributed by atoms with Gasteiger partial charge in [-0.25, -0.2) is 0 Å². The van der Waals surface area contributed by atoms with E-state index in [1.54, 1.807) is 19.9 Å². The Bertz CT molecular complexity index is 1030. The summed E-state index contributed by atoms with van der Waals surface area (Å²) in [5.41, 5.74) is 0.754. The average molecular weight is 605 g/mol. The Balaban J connectivity index is 3.91. The van der Waals surface area contributed by atoms with E-state index in [0.717, 1.165) is 64.2 Å². The van der Waals surface area contributed by atoms with Crippen LogP contribution in [0.5, 0.6) is 23.0 Å². The summed E-state index contributed by atoms with van der Waals surface area (Å²) in [5.74, 6) is 0.381. The van der Waals surface area contributed by atoms with Crippen LogP contribution in [0.15, 0.2) is 30.4 Å². The summed E-state index contributed by atoms with van der Waals surface area (Å²) in [6.45, 7) is 20.1. The number of ether oxygens (including phenoxy) is 4. The SMILES string of the molecule is C=C(C)C(=O)C(CCCC)Oc1c(OCCCCC)cc(P=O)c(OCCCCC)c1OC(CCCC)C(=O)C(=C)C. The van der Waals surface area contributed by atoms with Crippen LogP contribution >= 0.6 is 8.46 Å². The van der Waals surface area contributed by atoms with Crippen molar-refractivity contribution in [2.24, 2.45) is 0 Å². The molecule has 1 aromatic rings. The van der Waals surface area contributed by atoms with Gasteiger partial charge in [-0.15, -0.1) is 0 Å². The first-order chi connectivity index (χ1) is 20.2. The molecule has 1 aromatic carbocycles. The van der Waals surface area contributed by atoms with Gasteiger partial charge in [0.15, 0.2) is 43.7 Å². The van der Waals surface area contributed by atoms with Crippen LogP contribution in [0.3, 0.4) is 0 Å². The summed E-state index contributed by atoms with van der Waals surface area (Å²) in [5, 5.41) is 0.327. The molecule has 0 aliphatic carbocycles. The molecule has 0 aliphatic rings. The summed E-state index contributed by atoms with van der Waals surface area (Å²) >= 11 is 0. The number of carbonyl (C=O) groups excluding carboxylic acids is 2.